The first-order valence-corrected chi connectivity index (χ1v) is 9.97. The van der Waals surface area contributed by atoms with E-state index >= 15 is 0 Å². The lowest BCUT2D eigenvalue weighted by molar-refractivity contribution is 0.290. The summed E-state index contributed by atoms with van der Waals surface area (Å²) in [4.78, 5) is 27.2. The van der Waals surface area contributed by atoms with Crippen molar-refractivity contribution < 1.29 is 13.9 Å². The molecule has 4 rings (SSSR count). The van der Waals surface area contributed by atoms with Crippen LogP contribution in [0.5, 0.6) is 5.75 Å². The van der Waals surface area contributed by atoms with Gasteiger partial charge in [0.1, 0.15) is 16.9 Å². The van der Waals surface area contributed by atoms with Gasteiger partial charge in [-0.25, -0.2) is 9.59 Å². The first-order chi connectivity index (χ1) is 14.4. The lowest BCUT2D eigenvalue weighted by atomic mass is 9.97. The predicted molar refractivity (Wildman–Crippen MR) is 117 cm³/mol. The number of rotatable bonds is 5. The van der Waals surface area contributed by atoms with E-state index in [0.717, 1.165) is 18.5 Å². The van der Waals surface area contributed by atoms with Gasteiger partial charge in [-0.05, 0) is 38.2 Å². The van der Waals surface area contributed by atoms with Gasteiger partial charge in [0.15, 0.2) is 0 Å². The Morgan fingerprint density at radius 2 is 1.70 bits per heavy atom. The highest BCUT2D eigenvalue weighted by molar-refractivity contribution is 5.97. The van der Waals surface area contributed by atoms with E-state index in [4.69, 9.17) is 8.83 Å². The van der Waals surface area contributed by atoms with Crippen LogP contribution in [0, 0.1) is 6.92 Å². The van der Waals surface area contributed by atoms with E-state index in [9.17, 15) is 14.7 Å². The van der Waals surface area contributed by atoms with Crippen LogP contribution in [0.3, 0.4) is 0 Å². The van der Waals surface area contributed by atoms with E-state index in [0.29, 0.717) is 34.2 Å². The normalized spacial score (nSPS) is 11.6. The number of hydrogen-bond acceptors (Lipinski definition) is 6. The van der Waals surface area contributed by atoms with Crippen molar-refractivity contribution in [2.24, 2.45) is 0 Å². The third kappa shape index (κ3) is 3.39. The van der Waals surface area contributed by atoms with Crippen molar-refractivity contribution >= 4 is 21.9 Å². The number of fused-ring (bicyclic) bond motifs is 2. The lowest BCUT2D eigenvalue weighted by Crippen LogP contribution is -2.22. The maximum atomic E-state index is 12.7. The van der Waals surface area contributed by atoms with E-state index in [1.807, 2.05) is 12.1 Å². The molecule has 2 aromatic carbocycles. The Hall–Kier alpha value is -3.38. The molecule has 4 aromatic rings. The first kappa shape index (κ1) is 19.9. The highest BCUT2D eigenvalue weighted by Gasteiger charge is 2.19. The van der Waals surface area contributed by atoms with Crippen LogP contribution >= 0.6 is 0 Å². The second-order valence-corrected chi connectivity index (χ2v) is 7.31. The predicted octanol–water partition coefficient (Wildman–Crippen LogP) is 4.42. The molecule has 0 aliphatic rings. The molecule has 0 aliphatic carbocycles. The van der Waals surface area contributed by atoms with Gasteiger partial charge in [-0.1, -0.05) is 32.0 Å². The Kier molecular flexibility index (Phi) is 5.18. The topological polar surface area (TPSA) is 83.9 Å². The van der Waals surface area contributed by atoms with Crippen LogP contribution in [-0.4, -0.2) is 23.1 Å². The minimum atomic E-state index is -0.593. The molecule has 0 saturated carbocycles. The summed E-state index contributed by atoms with van der Waals surface area (Å²) >= 11 is 0. The molecule has 2 aromatic heterocycles. The fraction of sp³-hybridized carbons (Fsp3) is 0.250. The van der Waals surface area contributed by atoms with Gasteiger partial charge < -0.3 is 13.9 Å². The second-order valence-electron chi connectivity index (χ2n) is 7.31. The van der Waals surface area contributed by atoms with Gasteiger partial charge >= 0.3 is 11.3 Å². The molecule has 0 saturated heterocycles. The van der Waals surface area contributed by atoms with E-state index in [1.165, 1.54) is 6.07 Å². The van der Waals surface area contributed by atoms with Crippen LogP contribution in [0.2, 0.25) is 0 Å². The van der Waals surface area contributed by atoms with Crippen molar-refractivity contribution in [1.82, 2.24) is 4.90 Å². The minimum absolute atomic E-state index is 0.0974. The smallest absolute Gasteiger partial charge is 0.344 e. The fourth-order valence-electron chi connectivity index (χ4n) is 3.80. The summed E-state index contributed by atoms with van der Waals surface area (Å²) in [6, 6.07) is 12.0. The summed E-state index contributed by atoms with van der Waals surface area (Å²) in [5.74, 6) is 0.0974. The monoisotopic (exact) mass is 405 g/mol. The Morgan fingerprint density at radius 1 is 0.967 bits per heavy atom. The van der Waals surface area contributed by atoms with Crippen molar-refractivity contribution in [1.29, 1.82) is 0 Å². The molecule has 2 heterocycles. The maximum Gasteiger partial charge on any atom is 0.344 e. The summed E-state index contributed by atoms with van der Waals surface area (Å²) in [6.45, 7) is 8.02. The van der Waals surface area contributed by atoms with Crippen molar-refractivity contribution in [3.8, 4) is 16.9 Å². The molecular formula is C24H23NO5. The summed E-state index contributed by atoms with van der Waals surface area (Å²) in [6.07, 6.45) is 0. The molecule has 0 unspecified atom stereocenters. The molecule has 6 heteroatoms. The average molecular weight is 405 g/mol. The zero-order valence-electron chi connectivity index (χ0n) is 17.2. The molecule has 0 aliphatic heterocycles. The van der Waals surface area contributed by atoms with Gasteiger partial charge in [-0.15, -0.1) is 0 Å². The molecule has 0 fully saturated rings. The zero-order chi connectivity index (χ0) is 21.4. The van der Waals surface area contributed by atoms with Crippen LogP contribution in [-0.2, 0) is 6.54 Å². The summed E-state index contributed by atoms with van der Waals surface area (Å²) in [5, 5.41) is 12.1. The molecule has 0 radical (unpaired) electrons. The third-order valence-electron chi connectivity index (χ3n) is 5.54. The number of aromatic hydroxyl groups is 1. The van der Waals surface area contributed by atoms with Crippen molar-refractivity contribution in [3.63, 3.8) is 0 Å². The van der Waals surface area contributed by atoms with E-state index < -0.39 is 11.3 Å². The van der Waals surface area contributed by atoms with Gasteiger partial charge in [0.2, 0.25) is 0 Å². The van der Waals surface area contributed by atoms with Crippen molar-refractivity contribution in [3.05, 3.63) is 74.4 Å². The summed E-state index contributed by atoms with van der Waals surface area (Å²) < 4.78 is 10.9. The summed E-state index contributed by atoms with van der Waals surface area (Å²) in [7, 11) is 0. The standard InChI is InChI=1S/C24H23NO5/c1-4-25(5-2)13-16-11-18-17(12-21(26)30-23(18)14(3)22(16)27)19-10-15-8-6-7-9-20(15)29-24(19)28/h6-12,27H,4-5,13H2,1-3H3. The van der Waals surface area contributed by atoms with Crippen LogP contribution in [0.1, 0.15) is 25.0 Å². The molecule has 1 N–H and O–H groups in total. The van der Waals surface area contributed by atoms with Gasteiger partial charge in [0.05, 0.1) is 5.56 Å². The Labute approximate surface area is 173 Å². The van der Waals surface area contributed by atoms with Gasteiger partial charge in [-0.3, -0.25) is 4.90 Å². The largest absolute Gasteiger partial charge is 0.507 e. The fourth-order valence-corrected chi connectivity index (χ4v) is 3.80. The lowest BCUT2D eigenvalue weighted by Gasteiger charge is -2.20. The number of para-hydroxylation sites is 1. The number of phenols is 1. The molecule has 0 bridgehead atoms. The van der Waals surface area contributed by atoms with E-state index in [2.05, 4.69) is 18.7 Å². The quantitative estimate of drug-likeness (QED) is 0.495. The maximum absolute atomic E-state index is 12.7. The van der Waals surface area contributed by atoms with Gasteiger partial charge in [0.25, 0.3) is 0 Å². The van der Waals surface area contributed by atoms with Crippen LogP contribution in [0.4, 0.5) is 0 Å². The van der Waals surface area contributed by atoms with Crippen molar-refractivity contribution in [2.75, 3.05) is 13.1 Å². The Balaban J connectivity index is 2.03. The van der Waals surface area contributed by atoms with Crippen LogP contribution < -0.4 is 11.3 Å². The first-order valence-electron chi connectivity index (χ1n) is 9.97. The summed E-state index contributed by atoms with van der Waals surface area (Å²) in [5.41, 5.74) is 1.53. The van der Waals surface area contributed by atoms with Gasteiger partial charge in [0, 0.05) is 40.1 Å². The van der Waals surface area contributed by atoms with Crippen LogP contribution in [0.25, 0.3) is 33.1 Å². The van der Waals surface area contributed by atoms with E-state index in [1.54, 1.807) is 31.2 Å². The molecule has 30 heavy (non-hydrogen) atoms. The molecule has 0 atom stereocenters. The number of aryl methyl sites for hydroxylation is 1. The van der Waals surface area contributed by atoms with Gasteiger partial charge in [-0.2, -0.15) is 0 Å². The SMILES string of the molecule is CCN(CC)Cc1cc2c(-c3cc4ccccc4oc3=O)cc(=O)oc2c(C)c1O. The molecule has 6 nitrogen and oxygen atoms in total. The van der Waals surface area contributed by atoms with E-state index in [-0.39, 0.29) is 16.9 Å². The zero-order valence-corrected chi connectivity index (χ0v) is 17.2. The van der Waals surface area contributed by atoms with Crippen LogP contribution in [0.15, 0.2) is 60.9 Å². The second kappa shape index (κ2) is 7.80. The number of hydrogen-bond donors (Lipinski definition) is 1. The highest BCUT2D eigenvalue weighted by atomic mass is 16.4. The molecule has 0 spiro atoms. The minimum Gasteiger partial charge on any atom is -0.507 e. The highest BCUT2D eigenvalue weighted by Crippen LogP contribution is 2.35. The van der Waals surface area contributed by atoms with Crippen molar-refractivity contribution in [2.45, 2.75) is 27.3 Å². The molecule has 154 valence electrons. The number of nitrogens with zero attached hydrogens (tertiary/aromatic N) is 1. The Morgan fingerprint density at radius 3 is 2.43 bits per heavy atom. The number of benzene rings is 2. The Bertz CT molecular complexity index is 1360. The number of phenolic OH excluding ortho intramolecular Hbond substituents is 1. The molecular weight excluding hydrogens is 382 g/mol. The third-order valence-corrected chi connectivity index (χ3v) is 5.54. The average Bonchev–Trinajstić information content (AvgIpc) is 2.74. The molecule has 0 amide bonds.